The molecule has 0 fully saturated rings. The van der Waals surface area contributed by atoms with E-state index in [2.05, 4.69) is 31.5 Å². The lowest BCUT2D eigenvalue weighted by Gasteiger charge is -2.13. The highest BCUT2D eigenvalue weighted by Crippen LogP contribution is 2.16. The van der Waals surface area contributed by atoms with Crippen molar-refractivity contribution >= 4 is 40.0 Å². The van der Waals surface area contributed by atoms with E-state index in [0.29, 0.717) is 23.9 Å². The number of hydrogen-bond acceptors (Lipinski definition) is 4. The lowest BCUT2D eigenvalue weighted by atomic mass is 10.2. The van der Waals surface area contributed by atoms with Crippen LogP contribution in [-0.4, -0.2) is 50.3 Å². The first-order valence-electron chi connectivity index (χ1n) is 10.3. The summed E-state index contributed by atoms with van der Waals surface area (Å²) in [5.74, 6) is 0.678. The Morgan fingerprint density at radius 3 is 2.48 bits per heavy atom. The fraction of sp³-hybridized carbons (Fsp3) is 0.524. The van der Waals surface area contributed by atoms with Gasteiger partial charge in [-0.25, -0.2) is 13.1 Å². The van der Waals surface area contributed by atoms with E-state index in [1.807, 2.05) is 44.5 Å². The monoisotopic (exact) mass is 562 g/mol. The molecular formula is C21H35IN6O2S. The molecule has 0 radical (unpaired) electrons. The smallest absolute Gasteiger partial charge is 0.240 e. The second-order valence-corrected chi connectivity index (χ2v) is 9.09. The minimum atomic E-state index is -3.54. The molecule has 0 unspecified atom stereocenters. The minimum Gasteiger partial charge on any atom is -0.357 e. The van der Waals surface area contributed by atoms with E-state index in [9.17, 15) is 8.42 Å². The third-order valence-electron chi connectivity index (χ3n) is 4.59. The third kappa shape index (κ3) is 8.77. The normalized spacial score (nSPS) is 11.8. The Morgan fingerprint density at radius 1 is 1.10 bits per heavy atom. The van der Waals surface area contributed by atoms with Gasteiger partial charge in [-0.1, -0.05) is 12.1 Å². The van der Waals surface area contributed by atoms with Crippen molar-refractivity contribution in [1.29, 1.82) is 0 Å². The Balaban J connectivity index is 0.00000480. The molecular weight excluding hydrogens is 527 g/mol. The second-order valence-electron chi connectivity index (χ2n) is 7.36. The SMILES string of the molecule is CCNC(=NCCCn1nc(C)cc1C)NCCNS(=O)(=O)c1cc(C)ccc1C.I. The summed E-state index contributed by atoms with van der Waals surface area (Å²) in [5.41, 5.74) is 3.83. The van der Waals surface area contributed by atoms with Crippen LogP contribution in [0.15, 0.2) is 34.2 Å². The van der Waals surface area contributed by atoms with E-state index < -0.39 is 10.0 Å². The molecule has 174 valence electrons. The summed E-state index contributed by atoms with van der Waals surface area (Å²) in [4.78, 5) is 4.89. The Labute approximate surface area is 203 Å². The molecule has 0 aliphatic rings. The van der Waals surface area contributed by atoms with E-state index in [-0.39, 0.29) is 30.5 Å². The maximum absolute atomic E-state index is 12.6. The molecule has 3 N–H and O–H groups in total. The first kappa shape index (κ1) is 27.4. The average Bonchev–Trinajstić information content (AvgIpc) is 3.01. The molecule has 31 heavy (non-hydrogen) atoms. The summed E-state index contributed by atoms with van der Waals surface area (Å²) >= 11 is 0. The molecule has 1 aromatic carbocycles. The maximum atomic E-state index is 12.6. The van der Waals surface area contributed by atoms with Crippen LogP contribution in [0.5, 0.6) is 0 Å². The molecule has 10 heteroatoms. The van der Waals surface area contributed by atoms with Gasteiger partial charge in [0.25, 0.3) is 0 Å². The van der Waals surface area contributed by atoms with Crippen LogP contribution < -0.4 is 15.4 Å². The van der Waals surface area contributed by atoms with Crippen molar-refractivity contribution in [3.63, 3.8) is 0 Å². The van der Waals surface area contributed by atoms with Gasteiger partial charge >= 0.3 is 0 Å². The highest BCUT2D eigenvalue weighted by Gasteiger charge is 2.16. The molecule has 0 bridgehead atoms. The van der Waals surface area contributed by atoms with Crippen LogP contribution in [0.4, 0.5) is 0 Å². The van der Waals surface area contributed by atoms with Crippen LogP contribution >= 0.6 is 24.0 Å². The molecule has 8 nitrogen and oxygen atoms in total. The summed E-state index contributed by atoms with van der Waals surface area (Å²) in [6.45, 7) is 12.6. The summed E-state index contributed by atoms with van der Waals surface area (Å²) in [7, 11) is -3.54. The highest BCUT2D eigenvalue weighted by molar-refractivity contribution is 14.0. The van der Waals surface area contributed by atoms with Crippen LogP contribution in [0.3, 0.4) is 0 Å². The van der Waals surface area contributed by atoms with Crippen LogP contribution in [0.2, 0.25) is 0 Å². The molecule has 0 saturated heterocycles. The quantitative estimate of drug-likeness (QED) is 0.179. The van der Waals surface area contributed by atoms with Gasteiger partial charge in [-0.2, -0.15) is 5.10 Å². The lowest BCUT2D eigenvalue weighted by Crippen LogP contribution is -2.41. The summed E-state index contributed by atoms with van der Waals surface area (Å²) in [6.07, 6.45) is 0.873. The molecule has 0 aliphatic heterocycles. The zero-order valence-electron chi connectivity index (χ0n) is 19.0. The van der Waals surface area contributed by atoms with Gasteiger partial charge in [0.1, 0.15) is 0 Å². The topological polar surface area (TPSA) is 100 Å². The third-order valence-corrected chi connectivity index (χ3v) is 6.19. The fourth-order valence-electron chi connectivity index (χ4n) is 3.10. The molecule has 0 amide bonds. The van der Waals surface area contributed by atoms with E-state index in [1.54, 1.807) is 13.0 Å². The van der Waals surface area contributed by atoms with Crippen molar-refractivity contribution in [1.82, 2.24) is 25.1 Å². The number of nitrogens with zero attached hydrogens (tertiary/aromatic N) is 3. The molecule has 0 saturated carbocycles. The van der Waals surface area contributed by atoms with Gasteiger partial charge in [-0.05, 0) is 64.3 Å². The van der Waals surface area contributed by atoms with Crippen LogP contribution in [-0.2, 0) is 16.6 Å². The standard InChI is InChI=1S/C21H34N6O2S.HI/c1-6-22-21(23-10-7-13-27-19(5)15-18(4)26-27)24-11-12-25-30(28,29)20-14-16(2)8-9-17(20)3;/h8-9,14-15,25H,6-7,10-13H2,1-5H3,(H2,22,23,24);1H. The summed E-state index contributed by atoms with van der Waals surface area (Å²) in [6, 6.07) is 7.49. The van der Waals surface area contributed by atoms with Gasteiger partial charge in [-0.3, -0.25) is 9.67 Å². The molecule has 1 heterocycles. The van der Waals surface area contributed by atoms with Crippen molar-refractivity contribution in [3.8, 4) is 0 Å². The number of rotatable bonds is 10. The number of aryl methyl sites for hydroxylation is 5. The number of halogens is 1. The van der Waals surface area contributed by atoms with Gasteiger partial charge < -0.3 is 10.6 Å². The van der Waals surface area contributed by atoms with Gasteiger partial charge in [0.05, 0.1) is 10.6 Å². The molecule has 1 aromatic heterocycles. The predicted molar refractivity (Wildman–Crippen MR) is 137 cm³/mol. The molecule has 0 atom stereocenters. The predicted octanol–water partition coefficient (Wildman–Crippen LogP) is 2.66. The van der Waals surface area contributed by atoms with Crippen LogP contribution in [0, 0.1) is 27.7 Å². The number of sulfonamides is 1. The minimum absolute atomic E-state index is 0. The molecule has 0 aliphatic carbocycles. The average molecular weight is 563 g/mol. The fourth-order valence-corrected chi connectivity index (χ4v) is 4.45. The summed E-state index contributed by atoms with van der Waals surface area (Å²) < 4.78 is 29.8. The first-order valence-corrected chi connectivity index (χ1v) is 11.8. The van der Waals surface area contributed by atoms with E-state index in [4.69, 9.17) is 0 Å². The van der Waals surface area contributed by atoms with Gasteiger partial charge in [0, 0.05) is 38.4 Å². The molecule has 2 aromatic rings. The summed E-state index contributed by atoms with van der Waals surface area (Å²) in [5, 5.41) is 10.8. The van der Waals surface area contributed by atoms with Gasteiger partial charge in [0.2, 0.25) is 10.0 Å². The first-order chi connectivity index (χ1) is 14.2. The Bertz CT molecular complexity index is 972. The number of guanidine groups is 1. The van der Waals surface area contributed by atoms with E-state index in [0.717, 1.165) is 42.0 Å². The number of nitrogens with one attached hydrogen (secondary N) is 3. The van der Waals surface area contributed by atoms with E-state index in [1.165, 1.54) is 0 Å². The van der Waals surface area contributed by atoms with Crippen LogP contribution in [0.1, 0.15) is 35.9 Å². The lowest BCUT2D eigenvalue weighted by molar-refractivity contribution is 0.566. The second kappa shape index (κ2) is 13.0. The maximum Gasteiger partial charge on any atom is 0.240 e. The molecule has 2 rings (SSSR count). The molecule has 0 spiro atoms. The van der Waals surface area contributed by atoms with Crippen molar-refractivity contribution < 1.29 is 8.42 Å². The zero-order chi connectivity index (χ0) is 22.1. The van der Waals surface area contributed by atoms with Crippen molar-refractivity contribution in [2.45, 2.75) is 52.5 Å². The number of aliphatic imine (C=N–C) groups is 1. The van der Waals surface area contributed by atoms with Crippen molar-refractivity contribution in [2.24, 2.45) is 4.99 Å². The Hall–Kier alpha value is -1.66. The largest absolute Gasteiger partial charge is 0.357 e. The van der Waals surface area contributed by atoms with Crippen molar-refractivity contribution in [3.05, 3.63) is 46.8 Å². The highest BCUT2D eigenvalue weighted by atomic mass is 127. The zero-order valence-corrected chi connectivity index (χ0v) is 22.2. The van der Waals surface area contributed by atoms with Crippen molar-refractivity contribution in [2.75, 3.05) is 26.2 Å². The van der Waals surface area contributed by atoms with Gasteiger partial charge in [0.15, 0.2) is 5.96 Å². The number of benzene rings is 1. The Kier molecular flexibility index (Phi) is 11.5. The van der Waals surface area contributed by atoms with E-state index >= 15 is 0 Å². The van der Waals surface area contributed by atoms with Crippen LogP contribution in [0.25, 0.3) is 0 Å². The Morgan fingerprint density at radius 2 is 1.84 bits per heavy atom. The number of aromatic nitrogens is 2. The van der Waals surface area contributed by atoms with Gasteiger partial charge in [-0.15, -0.1) is 24.0 Å². The number of hydrogen-bond donors (Lipinski definition) is 3.